The van der Waals surface area contributed by atoms with Crippen molar-refractivity contribution in [3.63, 3.8) is 0 Å². The van der Waals surface area contributed by atoms with Gasteiger partial charge in [-0.15, -0.1) is 0 Å². The summed E-state index contributed by atoms with van der Waals surface area (Å²) in [6.45, 7) is 0.498. The topological polar surface area (TPSA) is 60.5 Å². The van der Waals surface area contributed by atoms with E-state index in [-0.39, 0.29) is 5.91 Å². The lowest BCUT2D eigenvalue weighted by atomic mass is 9.94. The number of aromatic nitrogens is 1. The van der Waals surface area contributed by atoms with Crippen LogP contribution >= 0.6 is 11.6 Å². The Morgan fingerprint density at radius 2 is 1.93 bits per heavy atom. The molecule has 5 nitrogen and oxygen atoms in total. The Kier molecular flexibility index (Phi) is 6.09. The van der Waals surface area contributed by atoms with Crippen molar-refractivity contribution in [2.75, 3.05) is 20.8 Å². The fraction of sp³-hybridized carbons (Fsp3) is 0.333. The molecule has 1 aromatic heterocycles. The Balaban J connectivity index is 1.47. The molecule has 0 bridgehead atoms. The fourth-order valence-electron chi connectivity index (χ4n) is 3.98. The summed E-state index contributed by atoms with van der Waals surface area (Å²) >= 11 is 6.63. The molecule has 0 radical (unpaired) electrons. The third kappa shape index (κ3) is 4.08. The van der Waals surface area contributed by atoms with Gasteiger partial charge in [-0.05, 0) is 61.4 Å². The largest absolute Gasteiger partial charge is 0.497 e. The average Bonchev–Trinajstić information content (AvgIpc) is 2.79. The lowest BCUT2D eigenvalue weighted by Gasteiger charge is -2.18. The fourth-order valence-corrected chi connectivity index (χ4v) is 4.34. The monoisotopic (exact) mass is 424 g/mol. The number of hydrogen-bond acceptors (Lipinski definition) is 4. The van der Waals surface area contributed by atoms with Gasteiger partial charge in [0.15, 0.2) is 0 Å². The minimum absolute atomic E-state index is 0.125. The number of pyridine rings is 1. The molecule has 0 fully saturated rings. The molecule has 1 heterocycles. The van der Waals surface area contributed by atoms with Crippen molar-refractivity contribution < 1.29 is 14.3 Å². The molecule has 0 spiro atoms. The predicted octanol–water partition coefficient (Wildman–Crippen LogP) is 4.76. The summed E-state index contributed by atoms with van der Waals surface area (Å²) in [5.74, 6) is 1.36. The van der Waals surface area contributed by atoms with E-state index in [0.29, 0.717) is 18.5 Å². The first-order valence-corrected chi connectivity index (χ1v) is 10.6. The summed E-state index contributed by atoms with van der Waals surface area (Å²) in [4.78, 5) is 17.5. The zero-order chi connectivity index (χ0) is 21.1. The maximum atomic E-state index is 12.7. The Labute approximate surface area is 181 Å². The third-order valence-corrected chi connectivity index (χ3v) is 6.06. The lowest BCUT2D eigenvalue weighted by Crippen LogP contribution is -2.25. The van der Waals surface area contributed by atoms with Gasteiger partial charge in [-0.3, -0.25) is 9.78 Å². The first-order valence-electron chi connectivity index (χ1n) is 10.2. The van der Waals surface area contributed by atoms with Crippen molar-refractivity contribution in [3.05, 3.63) is 63.8 Å². The van der Waals surface area contributed by atoms with Crippen LogP contribution in [0.1, 0.15) is 40.0 Å². The first-order chi connectivity index (χ1) is 14.6. The second kappa shape index (κ2) is 8.92. The smallest absolute Gasteiger partial charge is 0.251 e. The van der Waals surface area contributed by atoms with Crippen molar-refractivity contribution in [3.8, 4) is 11.5 Å². The molecule has 1 aliphatic carbocycles. The molecular weight excluding hydrogens is 400 g/mol. The van der Waals surface area contributed by atoms with Crippen molar-refractivity contribution in [1.82, 2.24) is 10.3 Å². The van der Waals surface area contributed by atoms with Crippen LogP contribution < -0.4 is 14.8 Å². The molecule has 3 aromatic rings. The molecule has 4 rings (SSSR count). The Bertz CT molecular complexity index is 1100. The minimum atomic E-state index is -0.125. The van der Waals surface area contributed by atoms with Crippen LogP contribution in [0.3, 0.4) is 0 Å². The standard InChI is InChI=1S/C24H25ClN2O3/c1-29-17-9-7-15(22(14-17)30-2)11-12-26-24(28)16-8-10-19-21(13-16)27-20-6-4-3-5-18(20)23(19)25/h7-10,13-14H,3-6,11-12H2,1-2H3,(H,26,28). The highest BCUT2D eigenvalue weighted by Gasteiger charge is 2.18. The normalized spacial score (nSPS) is 13.0. The average molecular weight is 425 g/mol. The van der Waals surface area contributed by atoms with E-state index in [4.69, 9.17) is 26.1 Å². The molecule has 0 saturated carbocycles. The molecule has 0 aliphatic heterocycles. The number of carbonyl (C=O) groups excluding carboxylic acids is 1. The molecule has 1 aliphatic rings. The molecule has 0 atom stereocenters. The van der Waals surface area contributed by atoms with Crippen LogP contribution in [0, 0.1) is 0 Å². The van der Waals surface area contributed by atoms with Gasteiger partial charge in [-0.25, -0.2) is 0 Å². The number of hydrogen-bond donors (Lipinski definition) is 1. The quantitative estimate of drug-likeness (QED) is 0.620. The number of carbonyl (C=O) groups is 1. The van der Waals surface area contributed by atoms with Crippen molar-refractivity contribution >= 4 is 28.4 Å². The highest BCUT2D eigenvalue weighted by molar-refractivity contribution is 6.36. The number of benzene rings is 2. The number of aryl methyl sites for hydroxylation is 1. The summed E-state index contributed by atoms with van der Waals surface area (Å²) in [6, 6.07) is 11.2. The zero-order valence-electron chi connectivity index (χ0n) is 17.3. The maximum Gasteiger partial charge on any atom is 0.251 e. The second-order valence-electron chi connectivity index (χ2n) is 7.47. The Morgan fingerprint density at radius 3 is 2.73 bits per heavy atom. The van der Waals surface area contributed by atoms with Crippen LogP contribution in [-0.4, -0.2) is 31.7 Å². The number of amides is 1. The molecule has 1 amide bonds. The number of nitrogens with zero attached hydrogens (tertiary/aromatic N) is 1. The van der Waals surface area contributed by atoms with E-state index in [0.717, 1.165) is 64.4 Å². The summed E-state index contributed by atoms with van der Waals surface area (Å²) in [5, 5.41) is 4.68. The maximum absolute atomic E-state index is 12.7. The van der Waals surface area contributed by atoms with Gasteiger partial charge >= 0.3 is 0 Å². The number of fused-ring (bicyclic) bond motifs is 2. The van der Waals surface area contributed by atoms with E-state index in [1.54, 1.807) is 14.2 Å². The van der Waals surface area contributed by atoms with Gasteiger partial charge in [-0.2, -0.15) is 0 Å². The Morgan fingerprint density at radius 1 is 1.10 bits per heavy atom. The summed E-state index contributed by atoms with van der Waals surface area (Å²) in [5.41, 5.74) is 4.62. The van der Waals surface area contributed by atoms with E-state index in [9.17, 15) is 4.79 Å². The summed E-state index contributed by atoms with van der Waals surface area (Å²) < 4.78 is 10.6. The molecule has 6 heteroatoms. The number of ether oxygens (including phenoxy) is 2. The van der Waals surface area contributed by atoms with Crippen molar-refractivity contribution in [2.24, 2.45) is 0 Å². The van der Waals surface area contributed by atoms with Gasteiger partial charge in [0.25, 0.3) is 5.91 Å². The van der Waals surface area contributed by atoms with E-state index >= 15 is 0 Å². The van der Waals surface area contributed by atoms with E-state index in [2.05, 4.69) is 5.32 Å². The van der Waals surface area contributed by atoms with Crippen LogP contribution in [0.2, 0.25) is 5.02 Å². The van der Waals surface area contributed by atoms with Gasteiger partial charge in [0, 0.05) is 29.3 Å². The zero-order valence-corrected chi connectivity index (χ0v) is 18.0. The molecule has 0 saturated heterocycles. The van der Waals surface area contributed by atoms with Gasteiger partial charge in [0.05, 0.1) is 24.8 Å². The molecular formula is C24H25ClN2O3. The van der Waals surface area contributed by atoms with Gasteiger partial charge in [0.2, 0.25) is 0 Å². The third-order valence-electron chi connectivity index (χ3n) is 5.63. The van der Waals surface area contributed by atoms with Gasteiger partial charge in [-0.1, -0.05) is 23.7 Å². The highest BCUT2D eigenvalue weighted by atomic mass is 35.5. The van der Waals surface area contributed by atoms with E-state index in [1.165, 1.54) is 5.56 Å². The van der Waals surface area contributed by atoms with Crippen LogP contribution in [0.15, 0.2) is 36.4 Å². The van der Waals surface area contributed by atoms with Crippen LogP contribution in [0.25, 0.3) is 10.9 Å². The molecule has 30 heavy (non-hydrogen) atoms. The number of methoxy groups -OCH3 is 2. The van der Waals surface area contributed by atoms with Crippen LogP contribution in [0.4, 0.5) is 0 Å². The summed E-state index contributed by atoms with van der Waals surface area (Å²) in [7, 11) is 3.25. The molecule has 156 valence electrons. The highest BCUT2D eigenvalue weighted by Crippen LogP contribution is 2.33. The molecule has 1 N–H and O–H groups in total. The minimum Gasteiger partial charge on any atom is -0.497 e. The Hall–Kier alpha value is -2.79. The van der Waals surface area contributed by atoms with Crippen molar-refractivity contribution in [2.45, 2.75) is 32.1 Å². The first kappa shape index (κ1) is 20.5. The SMILES string of the molecule is COc1ccc(CCNC(=O)c2ccc3c(Cl)c4c(nc3c2)CCCC4)c(OC)c1. The number of rotatable bonds is 6. The molecule has 2 aromatic carbocycles. The molecule has 0 unspecified atom stereocenters. The number of halogens is 1. The van der Waals surface area contributed by atoms with E-state index < -0.39 is 0 Å². The summed E-state index contributed by atoms with van der Waals surface area (Å²) in [6.07, 6.45) is 4.87. The van der Waals surface area contributed by atoms with Crippen LogP contribution in [-0.2, 0) is 19.3 Å². The van der Waals surface area contributed by atoms with Gasteiger partial charge < -0.3 is 14.8 Å². The number of nitrogens with one attached hydrogen (secondary N) is 1. The second-order valence-corrected chi connectivity index (χ2v) is 7.85. The van der Waals surface area contributed by atoms with E-state index in [1.807, 2.05) is 36.4 Å². The van der Waals surface area contributed by atoms with Crippen molar-refractivity contribution in [1.29, 1.82) is 0 Å². The lowest BCUT2D eigenvalue weighted by molar-refractivity contribution is 0.0954. The predicted molar refractivity (Wildman–Crippen MR) is 119 cm³/mol. The van der Waals surface area contributed by atoms with Gasteiger partial charge in [0.1, 0.15) is 11.5 Å². The van der Waals surface area contributed by atoms with Crippen LogP contribution in [0.5, 0.6) is 11.5 Å².